The maximum absolute atomic E-state index is 12.4. The summed E-state index contributed by atoms with van der Waals surface area (Å²) in [6, 6.07) is 5.58. The van der Waals surface area contributed by atoms with Crippen molar-refractivity contribution in [2.45, 2.75) is 6.18 Å². The Morgan fingerprint density at radius 3 is 2.68 bits per heavy atom. The van der Waals surface area contributed by atoms with Crippen molar-refractivity contribution in [1.29, 1.82) is 0 Å². The van der Waals surface area contributed by atoms with Crippen molar-refractivity contribution in [3.63, 3.8) is 0 Å². The van der Waals surface area contributed by atoms with E-state index in [2.05, 4.69) is 10.1 Å². The maximum Gasteiger partial charge on any atom is 0.435 e. The Bertz CT molecular complexity index is 744. The lowest BCUT2D eigenvalue weighted by atomic mass is 10.3. The number of aromatic nitrogens is 3. The number of nitrogens with zero attached hydrogens (tertiary/aromatic N) is 3. The first kappa shape index (κ1) is 11.6. The van der Waals surface area contributed by atoms with Crippen LogP contribution in [0, 0.1) is 0 Å². The summed E-state index contributed by atoms with van der Waals surface area (Å²) in [4.78, 5) is 4.03. The van der Waals surface area contributed by atoms with Gasteiger partial charge < -0.3 is 10.2 Å². The highest BCUT2D eigenvalue weighted by Gasteiger charge is 2.34. The summed E-state index contributed by atoms with van der Waals surface area (Å²) in [5.74, 6) is 0. The Labute approximate surface area is 104 Å². The molecule has 0 radical (unpaired) electrons. The first-order valence-electron chi connectivity index (χ1n) is 5.23. The number of hydrogen-bond acceptors (Lipinski definition) is 4. The lowest BCUT2D eigenvalue weighted by molar-refractivity contribution is -0.141. The summed E-state index contributed by atoms with van der Waals surface area (Å²) in [5, 5.41) is 3.37. The van der Waals surface area contributed by atoms with Gasteiger partial charge in [-0.15, -0.1) is 0 Å². The molecule has 98 valence electrons. The third kappa shape index (κ3) is 2.01. The lowest BCUT2D eigenvalue weighted by Gasteiger charge is -1.99. The van der Waals surface area contributed by atoms with E-state index in [-0.39, 0.29) is 6.01 Å². The van der Waals surface area contributed by atoms with E-state index in [0.29, 0.717) is 16.8 Å². The fraction of sp³-hybridized carbons (Fsp3) is 0.0909. The molecule has 0 aliphatic rings. The summed E-state index contributed by atoms with van der Waals surface area (Å²) >= 11 is 0. The zero-order valence-corrected chi connectivity index (χ0v) is 9.35. The van der Waals surface area contributed by atoms with Crippen molar-refractivity contribution < 1.29 is 17.6 Å². The van der Waals surface area contributed by atoms with Gasteiger partial charge in [-0.3, -0.25) is 0 Å². The van der Waals surface area contributed by atoms with Crippen LogP contribution in [0.4, 0.5) is 18.9 Å². The van der Waals surface area contributed by atoms with E-state index < -0.39 is 11.9 Å². The summed E-state index contributed by atoms with van der Waals surface area (Å²) < 4.78 is 43.5. The summed E-state index contributed by atoms with van der Waals surface area (Å²) in [7, 11) is 0. The maximum atomic E-state index is 12.4. The number of alkyl halides is 3. The van der Waals surface area contributed by atoms with Gasteiger partial charge in [0.15, 0.2) is 11.3 Å². The quantitative estimate of drug-likeness (QED) is 0.689. The third-order valence-electron chi connectivity index (χ3n) is 2.48. The van der Waals surface area contributed by atoms with Crippen molar-refractivity contribution in [2.24, 2.45) is 0 Å². The van der Waals surface area contributed by atoms with Crippen molar-refractivity contribution in [3.05, 3.63) is 36.2 Å². The molecule has 3 rings (SSSR count). The number of benzene rings is 1. The first-order valence-corrected chi connectivity index (χ1v) is 5.23. The van der Waals surface area contributed by atoms with Crippen molar-refractivity contribution in [3.8, 4) is 6.01 Å². The number of hydrogen-bond donors (Lipinski definition) is 1. The van der Waals surface area contributed by atoms with Crippen molar-refractivity contribution in [1.82, 2.24) is 14.8 Å². The number of nitrogens with two attached hydrogens (primary N) is 1. The second-order valence-corrected chi connectivity index (χ2v) is 3.87. The lowest BCUT2D eigenvalue weighted by Crippen LogP contribution is -2.07. The number of halogens is 3. The highest BCUT2D eigenvalue weighted by molar-refractivity contribution is 5.77. The van der Waals surface area contributed by atoms with Crippen LogP contribution in [-0.4, -0.2) is 14.8 Å². The van der Waals surface area contributed by atoms with Crippen molar-refractivity contribution in [2.75, 3.05) is 5.73 Å². The van der Waals surface area contributed by atoms with Crippen LogP contribution >= 0.6 is 0 Å². The Hall–Kier alpha value is -2.51. The fourth-order valence-corrected chi connectivity index (χ4v) is 1.61. The van der Waals surface area contributed by atoms with E-state index in [1.807, 2.05) is 0 Å². The van der Waals surface area contributed by atoms with Gasteiger partial charge in [-0.1, -0.05) is 0 Å². The van der Waals surface area contributed by atoms with Gasteiger partial charge in [0.05, 0.1) is 0 Å². The van der Waals surface area contributed by atoms with Crippen LogP contribution in [0.2, 0.25) is 0 Å². The van der Waals surface area contributed by atoms with Crippen LogP contribution in [0.5, 0.6) is 0 Å². The first-order chi connectivity index (χ1) is 8.93. The molecule has 2 N–H and O–H groups in total. The monoisotopic (exact) mass is 268 g/mol. The van der Waals surface area contributed by atoms with Gasteiger partial charge in [0, 0.05) is 11.9 Å². The molecule has 0 unspecified atom stereocenters. The molecule has 0 bridgehead atoms. The summed E-state index contributed by atoms with van der Waals surface area (Å²) in [5.41, 5.74) is 5.95. The molecular weight excluding hydrogens is 261 g/mol. The fourth-order valence-electron chi connectivity index (χ4n) is 1.61. The van der Waals surface area contributed by atoms with Gasteiger partial charge in [0.2, 0.25) is 0 Å². The summed E-state index contributed by atoms with van der Waals surface area (Å²) in [6.07, 6.45) is -3.36. The predicted molar refractivity (Wildman–Crippen MR) is 60.5 cm³/mol. The smallest absolute Gasteiger partial charge is 0.422 e. The molecule has 2 heterocycles. The normalized spacial score (nSPS) is 12.2. The molecule has 0 aliphatic carbocycles. The second kappa shape index (κ2) is 3.74. The Balaban J connectivity index is 2.07. The largest absolute Gasteiger partial charge is 0.435 e. The summed E-state index contributed by atoms with van der Waals surface area (Å²) in [6.45, 7) is 0. The standard InChI is InChI=1S/C11H7F3N4O/c12-11(13,14)9-3-4-18(17-9)10-16-7-5-6(15)1-2-8(7)19-10/h1-5H,15H2. The van der Waals surface area contributed by atoms with Crippen molar-refractivity contribution >= 4 is 16.8 Å². The average Bonchev–Trinajstić information content (AvgIpc) is 2.92. The van der Waals surface area contributed by atoms with E-state index in [0.717, 1.165) is 16.9 Å². The number of fused-ring (bicyclic) bond motifs is 1. The molecule has 2 aromatic heterocycles. The van der Waals surface area contributed by atoms with Crippen LogP contribution in [0.3, 0.4) is 0 Å². The van der Waals surface area contributed by atoms with Crippen LogP contribution in [0.1, 0.15) is 5.69 Å². The van der Waals surface area contributed by atoms with E-state index in [9.17, 15) is 13.2 Å². The minimum atomic E-state index is -4.50. The number of oxazole rings is 1. The molecular formula is C11H7F3N4O. The zero-order chi connectivity index (χ0) is 13.6. The van der Waals surface area contributed by atoms with Gasteiger partial charge in [-0.25, -0.2) is 0 Å². The Morgan fingerprint density at radius 1 is 1.21 bits per heavy atom. The van der Waals surface area contributed by atoms with E-state index >= 15 is 0 Å². The number of nitrogen functional groups attached to an aromatic ring is 1. The predicted octanol–water partition coefficient (Wildman–Crippen LogP) is 2.61. The van der Waals surface area contributed by atoms with Gasteiger partial charge in [-0.2, -0.15) is 27.9 Å². The molecule has 0 saturated carbocycles. The Kier molecular flexibility index (Phi) is 2.28. The second-order valence-electron chi connectivity index (χ2n) is 3.87. The van der Waals surface area contributed by atoms with E-state index in [1.165, 1.54) is 0 Å². The van der Waals surface area contributed by atoms with Gasteiger partial charge in [0.1, 0.15) is 5.52 Å². The molecule has 3 aromatic rings. The van der Waals surface area contributed by atoms with Gasteiger partial charge in [-0.05, 0) is 24.3 Å². The van der Waals surface area contributed by atoms with Crippen LogP contribution in [0.15, 0.2) is 34.9 Å². The minimum absolute atomic E-state index is 0.0453. The van der Waals surface area contributed by atoms with Crippen LogP contribution < -0.4 is 5.73 Å². The van der Waals surface area contributed by atoms with Crippen LogP contribution in [0.25, 0.3) is 17.1 Å². The SMILES string of the molecule is Nc1ccc2oc(-n3ccc(C(F)(F)F)n3)nc2c1. The molecule has 5 nitrogen and oxygen atoms in total. The zero-order valence-electron chi connectivity index (χ0n) is 9.35. The molecule has 19 heavy (non-hydrogen) atoms. The molecule has 0 aliphatic heterocycles. The molecule has 0 amide bonds. The van der Waals surface area contributed by atoms with Gasteiger partial charge in [0.25, 0.3) is 0 Å². The molecule has 8 heteroatoms. The molecule has 0 spiro atoms. The highest BCUT2D eigenvalue weighted by atomic mass is 19.4. The number of anilines is 1. The van der Waals surface area contributed by atoms with E-state index in [1.54, 1.807) is 18.2 Å². The average molecular weight is 268 g/mol. The van der Waals surface area contributed by atoms with Gasteiger partial charge >= 0.3 is 12.2 Å². The number of rotatable bonds is 1. The molecule has 0 fully saturated rings. The Morgan fingerprint density at radius 2 is 2.00 bits per heavy atom. The molecule has 0 saturated heterocycles. The highest BCUT2D eigenvalue weighted by Crippen LogP contribution is 2.28. The molecule has 0 atom stereocenters. The third-order valence-corrected chi connectivity index (χ3v) is 2.48. The van der Waals surface area contributed by atoms with E-state index in [4.69, 9.17) is 10.2 Å². The van der Waals surface area contributed by atoms with Crippen LogP contribution in [-0.2, 0) is 6.18 Å². The topological polar surface area (TPSA) is 69.9 Å². The molecule has 1 aromatic carbocycles. The minimum Gasteiger partial charge on any atom is -0.422 e.